The largest absolute Gasteiger partial charge is 0.326 e. The Labute approximate surface area is 124 Å². The van der Waals surface area contributed by atoms with Crippen LogP contribution in [0, 0.1) is 12.8 Å². The predicted molar refractivity (Wildman–Crippen MR) is 83.3 cm³/mol. The van der Waals surface area contributed by atoms with Gasteiger partial charge in [0, 0.05) is 16.6 Å². The molecule has 1 fully saturated rings. The van der Waals surface area contributed by atoms with Gasteiger partial charge in [-0.25, -0.2) is 0 Å². The minimum absolute atomic E-state index is 0.155. The Kier molecular flexibility index (Phi) is 5.44. The lowest BCUT2D eigenvalue weighted by molar-refractivity contribution is -0.117. The number of amides is 1. The lowest BCUT2D eigenvalue weighted by atomic mass is 9.96. The van der Waals surface area contributed by atoms with Gasteiger partial charge in [0.15, 0.2) is 0 Å². The predicted octanol–water partition coefficient (Wildman–Crippen LogP) is 5.06. The van der Waals surface area contributed by atoms with Gasteiger partial charge in [0.25, 0.3) is 0 Å². The second-order valence-corrected chi connectivity index (χ2v) is 6.43. The molecular weight excluding hydrogens is 302 g/mol. The molecule has 1 saturated carbocycles. The quantitative estimate of drug-likeness (QED) is 0.774. The van der Waals surface area contributed by atoms with E-state index in [0.29, 0.717) is 12.3 Å². The van der Waals surface area contributed by atoms with Crippen LogP contribution < -0.4 is 5.32 Å². The number of hydrogen-bond donors (Lipinski definition) is 1. The molecule has 0 aliphatic heterocycles. The number of carbonyl (C=O) groups is 1. The highest BCUT2D eigenvalue weighted by Gasteiger charge is 2.16. The van der Waals surface area contributed by atoms with Crippen LogP contribution in [0.4, 0.5) is 5.69 Å². The van der Waals surface area contributed by atoms with E-state index in [4.69, 9.17) is 0 Å². The van der Waals surface area contributed by atoms with Crippen molar-refractivity contribution in [1.29, 1.82) is 0 Å². The van der Waals surface area contributed by atoms with Crippen molar-refractivity contribution in [2.45, 2.75) is 51.9 Å². The van der Waals surface area contributed by atoms with Gasteiger partial charge >= 0.3 is 0 Å². The number of benzene rings is 1. The molecule has 1 N–H and O–H groups in total. The maximum absolute atomic E-state index is 12.1. The van der Waals surface area contributed by atoms with E-state index in [1.54, 1.807) is 0 Å². The van der Waals surface area contributed by atoms with Crippen molar-refractivity contribution >= 4 is 27.5 Å². The molecule has 1 aromatic rings. The molecular formula is C16H22BrNO. The third-order valence-corrected chi connectivity index (χ3v) is 4.76. The van der Waals surface area contributed by atoms with Gasteiger partial charge in [-0.1, -0.05) is 47.7 Å². The smallest absolute Gasteiger partial charge is 0.224 e. The molecule has 2 rings (SSSR count). The highest BCUT2D eigenvalue weighted by Crippen LogP contribution is 2.26. The van der Waals surface area contributed by atoms with Crippen molar-refractivity contribution in [3.05, 3.63) is 28.2 Å². The second kappa shape index (κ2) is 7.09. The van der Waals surface area contributed by atoms with E-state index in [1.807, 2.05) is 25.1 Å². The molecule has 0 heterocycles. The lowest BCUT2D eigenvalue weighted by Gasteiger charge is -2.14. The first-order chi connectivity index (χ1) is 9.15. The van der Waals surface area contributed by atoms with Crippen molar-refractivity contribution in [2.24, 2.45) is 5.92 Å². The number of carbonyl (C=O) groups excluding carboxylic acids is 1. The van der Waals surface area contributed by atoms with Crippen LogP contribution in [0.5, 0.6) is 0 Å². The lowest BCUT2D eigenvalue weighted by Crippen LogP contribution is -2.16. The fraction of sp³-hybridized carbons (Fsp3) is 0.562. The van der Waals surface area contributed by atoms with Crippen molar-refractivity contribution < 1.29 is 4.79 Å². The van der Waals surface area contributed by atoms with Crippen LogP contribution in [-0.4, -0.2) is 5.91 Å². The fourth-order valence-corrected chi connectivity index (χ4v) is 3.09. The zero-order valence-electron chi connectivity index (χ0n) is 11.5. The minimum Gasteiger partial charge on any atom is -0.326 e. The first-order valence-electron chi connectivity index (χ1n) is 7.21. The van der Waals surface area contributed by atoms with Crippen LogP contribution in [-0.2, 0) is 4.79 Å². The number of anilines is 1. The number of halogens is 1. The third-order valence-electron chi connectivity index (χ3n) is 3.90. The molecule has 0 radical (unpaired) electrons. The molecule has 0 atom stereocenters. The van der Waals surface area contributed by atoms with E-state index in [9.17, 15) is 4.79 Å². The average molecular weight is 324 g/mol. The van der Waals surface area contributed by atoms with Gasteiger partial charge in [-0.05, 0) is 43.4 Å². The van der Waals surface area contributed by atoms with Crippen molar-refractivity contribution in [2.75, 3.05) is 5.32 Å². The number of hydrogen-bond acceptors (Lipinski definition) is 1. The summed E-state index contributed by atoms with van der Waals surface area (Å²) in [4.78, 5) is 12.1. The fourth-order valence-electron chi connectivity index (χ4n) is 2.71. The Hall–Kier alpha value is -0.830. The summed E-state index contributed by atoms with van der Waals surface area (Å²) < 4.78 is 1.04. The van der Waals surface area contributed by atoms with Gasteiger partial charge in [-0.15, -0.1) is 0 Å². The molecule has 0 unspecified atom stereocenters. The number of nitrogens with one attached hydrogen (secondary N) is 1. The Morgan fingerprint density at radius 1 is 1.26 bits per heavy atom. The van der Waals surface area contributed by atoms with E-state index < -0.39 is 0 Å². The summed E-state index contributed by atoms with van der Waals surface area (Å²) >= 11 is 3.49. The Bertz CT molecular complexity index is 436. The van der Waals surface area contributed by atoms with Crippen molar-refractivity contribution in [3.8, 4) is 0 Å². The van der Waals surface area contributed by atoms with E-state index in [-0.39, 0.29) is 5.91 Å². The molecule has 104 valence electrons. The van der Waals surface area contributed by atoms with E-state index in [0.717, 1.165) is 10.2 Å². The van der Waals surface area contributed by atoms with E-state index in [2.05, 4.69) is 21.2 Å². The SMILES string of the molecule is Cc1ccc(NC(=O)CC2CCCCCC2)cc1Br. The monoisotopic (exact) mass is 323 g/mol. The summed E-state index contributed by atoms with van der Waals surface area (Å²) in [7, 11) is 0. The molecule has 1 aromatic carbocycles. The van der Waals surface area contributed by atoms with Gasteiger partial charge < -0.3 is 5.32 Å². The second-order valence-electron chi connectivity index (χ2n) is 5.57. The van der Waals surface area contributed by atoms with Crippen molar-refractivity contribution in [1.82, 2.24) is 0 Å². The summed E-state index contributed by atoms with van der Waals surface area (Å²) in [6.07, 6.45) is 8.34. The van der Waals surface area contributed by atoms with Crippen LogP contribution in [0.2, 0.25) is 0 Å². The highest BCUT2D eigenvalue weighted by molar-refractivity contribution is 9.10. The van der Waals surface area contributed by atoms with Gasteiger partial charge in [0.2, 0.25) is 5.91 Å². The summed E-state index contributed by atoms with van der Waals surface area (Å²) in [6.45, 7) is 2.04. The van der Waals surface area contributed by atoms with E-state index in [1.165, 1.54) is 44.1 Å². The van der Waals surface area contributed by atoms with Crippen LogP contribution >= 0.6 is 15.9 Å². The molecule has 2 nitrogen and oxygen atoms in total. The summed E-state index contributed by atoms with van der Waals surface area (Å²) in [6, 6.07) is 5.96. The van der Waals surface area contributed by atoms with Gasteiger partial charge in [0.1, 0.15) is 0 Å². The molecule has 19 heavy (non-hydrogen) atoms. The van der Waals surface area contributed by atoms with Crippen LogP contribution in [0.15, 0.2) is 22.7 Å². The Balaban J connectivity index is 1.87. The van der Waals surface area contributed by atoms with Crippen molar-refractivity contribution in [3.63, 3.8) is 0 Å². The first kappa shape index (κ1) is 14.6. The summed E-state index contributed by atoms with van der Waals surface area (Å²) in [5, 5.41) is 3.01. The Morgan fingerprint density at radius 3 is 2.58 bits per heavy atom. The number of rotatable bonds is 3. The molecule has 0 bridgehead atoms. The molecule has 1 aliphatic carbocycles. The van der Waals surface area contributed by atoms with Gasteiger partial charge in [-0.3, -0.25) is 4.79 Å². The molecule has 0 saturated heterocycles. The normalized spacial score (nSPS) is 16.9. The zero-order valence-corrected chi connectivity index (χ0v) is 13.1. The molecule has 3 heteroatoms. The maximum atomic E-state index is 12.1. The van der Waals surface area contributed by atoms with Crippen LogP contribution in [0.1, 0.15) is 50.5 Å². The Morgan fingerprint density at radius 2 is 1.95 bits per heavy atom. The summed E-state index contributed by atoms with van der Waals surface area (Å²) in [5.74, 6) is 0.735. The van der Waals surface area contributed by atoms with Crippen LogP contribution in [0.3, 0.4) is 0 Å². The topological polar surface area (TPSA) is 29.1 Å². The molecule has 1 amide bonds. The van der Waals surface area contributed by atoms with Gasteiger partial charge in [-0.2, -0.15) is 0 Å². The summed E-state index contributed by atoms with van der Waals surface area (Å²) in [5.41, 5.74) is 2.07. The molecule has 1 aliphatic rings. The first-order valence-corrected chi connectivity index (χ1v) is 8.00. The molecule has 0 spiro atoms. The number of aryl methyl sites for hydroxylation is 1. The standard InChI is InChI=1S/C16H22BrNO/c1-12-8-9-14(11-15(12)17)18-16(19)10-13-6-4-2-3-5-7-13/h8-9,11,13H,2-7,10H2,1H3,(H,18,19). The maximum Gasteiger partial charge on any atom is 0.224 e. The highest BCUT2D eigenvalue weighted by atomic mass is 79.9. The zero-order chi connectivity index (χ0) is 13.7. The minimum atomic E-state index is 0.155. The van der Waals surface area contributed by atoms with Crippen LogP contribution in [0.25, 0.3) is 0 Å². The average Bonchev–Trinajstić information content (AvgIpc) is 2.62. The molecule has 0 aromatic heterocycles. The van der Waals surface area contributed by atoms with E-state index >= 15 is 0 Å². The third kappa shape index (κ3) is 4.64. The van der Waals surface area contributed by atoms with Gasteiger partial charge in [0.05, 0.1) is 0 Å².